The van der Waals surface area contributed by atoms with Crippen LogP contribution in [-0.4, -0.2) is 37.2 Å². The maximum Gasteiger partial charge on any atom is 0.326 e. The van der Waals surface area contributed by atoms with Crippen LogP contribution >= 0.6 is 0 Å². The van der Waals surface area contributed by atoms with E-state index in [0.717, 1.165) is 5.56 Å². The van der Waals surface area contributed by atoms with Gasteiger partial charge in [0.15, 0.2) is 11.5 Å². The molecule has 23 heavy (non-hydrogen) atoms. The zero-order chi connectivity index (χ0) is 17.6. The Labute approximate surface area is 136 Å². The van der Waals surface area contributed by atoms with E-state index in [1.54, 1.807) is 41.1 Å². The number of aryl methyl sites for hydroxylation is 1. The molecule has 0 aromatic heterocycles. The average molecular weight is 323 g/mol. The Hall–Kier alpha value is -2.24. The fourth-order valence-corrected chi connectivity index (χ4v) is 2.18. The van der Waals surface area contributed by atoms with Gasteiger partial charge in [0, 0.05) is 6.42 Å². The molecule has 0 bridgehead atoms. The molecule has 1 rings (SSSR count). The van der Waals surface area contributed by atoms with Gasteiger partial charge in [-0.25, -0.2) is 4.79 Å². The summed E-state index contributed by atoms with van der Waals surface area (Å²) in [6.07, 6.45) is 0.692. The van der Waals surface area contributed by atoms with Crippen molar-refractivity contribution in [3.63, 3.8) is 0 Å². The third-order valence-electron chi connectivity index (χ3n) is 3.51. The zero-order valence-corrected chi connectivity index (χ0v) is 14.3. The minimum atomic E-state index is -1.03. The predicted octanol–water partition coefficient (Wildman–Crippen LogP) is 2.25. The third-order valence-corrected chi connectivity index (χ3v) is 3.51. The van der Waals surface area contributed by atoms with Gasteiger partial charge in [0.2, 0.25) is 5.91 Å². The van der Waals surface area contributed by atoms with Crippen molar-refractivity contribution in [2.24, 2.45) is 5.41 Å². The van der Waals surface area contributed by atoms with Crippen molar-refractivity contribution in [3.8, 4) is 11.5 Å². The monoisotopic (exact) mass is 323 g/mol. The summed E-state index contributed by atoms with van der Waals surface area (Å²) in [5, 5.41) is 11.8. The summed E-state index contributed by atoms with van der Waals surface area (Å²) in [5.74, 6) is -0.0954. The Morgan fingerprint density at radius 3 is 2.26 bits per heavy atom. The second-order valence-corrected chi connectivity index (χ2v) is 6.39. The van der Waals surface area contributed by atoms with E-state index in [-0.39, 0.29) is 12.3 Å². The molecule has 1 aromatic carbocycles. The highest BCUT2D eigenvalue weighted by molar-refractivity contribution is 5.84. The molecular formula is C17H25NO5. The van der Waals surface area contributed by atoms with Crippen molar-refractivity contribution in [3.05, 3.63) is 23.8 Å². The molecular weight excluding hydrogens is 298 g/mol. The van der Waals surface area contributed by atoms with Crippen LogP contribution in [0.25, 0.3) is 0 Å². The molecule has 1 atom stereocenters. The van der Waals surface area contributed by atoms with Crippen LogP contribution < -0.4 is 14.8 Å². The highest BCUT2D eigenvalue weighted by atomic mass is 16.5. The van der Waals surface area contributed by atoms with Gasteiger partial charge in [-0.3, -0.25) is 4.79 Å². The number of amides is 1. The highest BCUT2D eigenvalue weighted by Gasteiger charge is 2.32. The van der Waals surface area contributed by atoms with Crippen LogP contribution in [0.4, 0.5) is 0 Å². The Morgan fingerprint density at radius 1 is 1.17 bits per heavy atom. The Kier molecular flexibility index (Phi) is 6.42. The lowest BCUT2D eigenvalue weighted by Gasteiger charge is -2.27. The summed E-state index contributed by atoms with van der Waals surface area (Å²) < 4.78 is 10.4. The van der Waals surface area contributed by atoms with Gasteiger partial charge in [-0.1, -0.05) is 26.8 Å². The Morgan fingerprint density at radius 2 is 1.78 bits per heavy atom. The molecule has 1 amide bonds. The van der Waals surface area contributed by atoms with Gasteiger partial charge in [0.1, 0.15) is 6.04 Å². The predicted molar refractivity (Wildman–Crippen MR) is 86.9 cm³/mol. The van der Waals surface area contributed by atoms with Crippen molar-refractivity contribution in [1.29, 1.82) is 0 Å². The summed E-state index contributed by atoms with van der Waals surface area (Å²) >= 11 is 0. The lowest BCUT2D eigenvalue weighted by Crippen LogP contribution is -2.49. The van der Waals surface area contributed by atoms with Gasteiger partial charge >= 0.3 is 5.97 Å². The fourth-order valence-electron chi connectivity index (χ4n) is 2.18. The lowest BCUT2D eigenvalue weighted by molar-refractivity contribution is -0.144. The van der Waals surface area contributed by atoms with E-state index in [0.29, 0.717) is 17.9 Å². The normalized spacial score (nSPS) is 12.4. The number of methoxy groups -OCH3 is 2. The van der Waals surface area contributed by atoms with Gasteiger partial charge in [0.25, 0.3) is 0 Å². The summed E-state index contributed by atoms with van der Waals surface area (Å²) in [5.41, 5.74) is 0.366. The number of rotatable bonds is 7. The number of hydrogen-bond acceptors (Lipinski definition) is 4. The largest absolute Gasteiger partial charge is 0.493 e. The van der Waals surface area contributed by atoms with E-state index in [4.69, 9.17) is 9.47 Å². The summed E-state index contributed by atoms with van der Waals surface area (Å²) in [6.45, 7) is 5.33. The van der Waals surface area contributed by atoms with Crippen LogP contribution in [0.15, 0.2) is 18.2 Å². The number of benzene rings is 1. The summed E-state index contributed by atoms with van der Waals surface area (Å²) in [6, 6.07) is 4.53. The Balaban J connectivity index is 2.67. The van der Waals surface area contributed by atoms with Crippen molar-refractivity contribution in [1.82, 2.24) is 5.32 Å². The quantitative estimate of drug-likeness (QED) is 0.804. The van der Waals surface area contributed by atoms with Gasteiger partial charge in [-0.2, -0.15) is 0 Å². The minimum absolute atomic E-state index is 0.204. The number of carbonyl (C=O) groups is 2. The number of carboxylic acid groups (broad SMARTS) is 1. The van der Waals surface area contributed by atoms with E-state index in [2.05, 4.69) is 5.32 Å². The first-order valence-corrected chi connectivity index (χ1v) is 7.42. The third kappa shape index (κ3) is 5.47. The molecule has 6 nitrogen and oxygen atoms in total. The molecule has 6 heteroatoms. The molecule has 0 aliphatic heterocycles. The molecule has 0 aliphatic carbocycles. The number of hydrogen-bond donors (Lipinski definition) is 2. The smallest absolute Gasteiger partial charge is 0.326 e. The van der Waals surface area contributed by atoms with Crippen molar-refractivity contribution in [2.45, 2.75) is 39.7 Å². The molecule has 0 saturated heterocycles. The molecule has 128 valence electrons. The van der Waals surface area contributed by atoms with Gasteiger partial charge in [0.05, 0.1) is 14.2 Å². The number of carboxylic acids is 1. The van der Waals surface area contributed by atoms with Crippen LogP contribution in [0, 0.1) is 5.41 Å². The molecule has 1 aromatic rings. The van der Waals surface area contributed by atoms with Gasteiger partial charge < -0.3 is 19.9 Å². The van der Waals surface area contributed by atoms with E-state index in [9.17, 15) is 14.7 Å². The molecule has 0 heterocycles. The highest BCUT2D eigenvalue weighted by Crippen LogP contribution is 2.28. The zero-order valence-electron chi connectivity index (χ0n) is 14.3. The first kappa shape index (κ1) is 18.8. The van der Waals surface area contributed by atoms with E-state index in [1.807, 2.05) is 12.1 Å². The molecule has 0 saturated carbocycles. The first-order valence-electron chi connectivity index (χ1n) is 7.42. The second-order valence-electron chi connectivity index (χ2n) is 6.39. The van der Waals surface area contributed by atoms with Gasteiger partial charge in [-0.15, -0.1) is 0 Å². The van der Waals surface area contributed by atoms with E-state index < -0.39 is 17.4 Å². The average Bonchev–Trinajstić information content (AvgIpc) is 2.48. The number of carbonyl (C=O) groups excluding carboxylic acids is 1. The number of ether oxygens (including phenoxy) is 2. The van der Waals surface area contributed by atoms with Crippen LogP contribution in [0.3, 0.4) is 0 Å². The van der Waals surface area contributed by atoms with E-state index >= 15 is 0 Å². The fraction of sp³-hybridized carbons (Fsp3) is 0.529. The molecule has 2 N–H and O–H groups in total. The number of nitrogens with one attached hydrogen (secondary N) is 1. The SMILES string of the molecule is COc1ccc(CCC(=O)NC(C(=O)O)C(C)(C)C)cc1OC. The van der Waals surface area contributed by atoms with Crippen LogP contribution in [-0.2, 0) is 16.0 Å². The molecule has 1 unspecified atom stereocenters. The maximum absolute atomic E-state index is 12.0. The van der Waals surface area contributed by atoms with Crippen molar-refractivity contribution < 1.29 is 24.2 Å². The molecule has 0 radical (unpaired) electrons. The maximum atomic E-state index is 12.0. The molecule has 0 fully saturated rings. The van der Waals surface area contributed by atoms with E-state index in [1.165, 1.54) is 0 Å². The summed E-state index contributed by atoms with van der Waals surface area (Å²) in [7, 11) is 3.11. The van der Waals surface area contributed by atoms with Crippen LogP contribution in [0.5, 0.6) is 11.5 Å². The van der Waals surface area contributed by atoms with Gasteiger partial charge in [-0.05, 0) is 29.5 Å². The Bertz CT molecular complexity index is 563. The standard InChI is InChI=1S/C17H25NO5/c1-17(2,3)15(16(20)21)18-14(19)9-7-11-6-8-12(22-4)13(10-11)23-5/h6,8,10,15H,7,9H2,1-5H3,(H,18,19)(H,20,21). The van der Waals surface area contributed by atoms with Crippen molar-refractivity contribution in [2.75, 3.05) is 14.2 Å². The first-order chi connectivity index (χ1) is 10.7. The topological polar surface area (TPSA) is 84.9 Å². The second kappa shape index (κ2) is 7.85. The lowest BCUT2D eigenvalue weighted by atomic mass is 9.86. The minimum Gasteiger partial charge on any atom is -0.493 e. The van der Waals surface area contributed by atoms with Crippen molar-refractivity contribution >= 4 is 11.9 Å². The molecule has 0 spiro atoms. The van der Waals surface area contributed by atoms with Crippen LogP contribution in [0.1, 0.15) is 32.8 Å². The summed E-state index contributed by atoms with van der Waals surface area (Å²) in [4.78, 5) is 23.3. The molecule has 0 aliphatic rings. The number of aliphatic carboxylic acids is 1. The van der Waals surface area contributed by atoms with Crippen LogP contribution in [0.2, 0.25) is 0 Å².